The van der Waals surface area contributed by atoms with E-state index in [1.165, 1.54) is 5.56 Å². The zero-order chi connectivity index (χ0) is 12.5. The maximum absolute atomic E-state index is 5.86. The highest BCUT2D eigenvalue weighted by Crippen LogP contribution is 2.32. The molecule has 2 heterocycles. The lowest BCUT2D eigenvalue weighted by atomic mass is 10.0. The number of hydrogen-bond acceptors (Lipinski definition) is 3. The minimum absolute atomic E-state index is 0.397. The van der Waals surface area contributed by atoms with Crippen LogP contribution in [0.25, 0.3) is 0 Å². The molecule has 3 heteroatoms. The molecule has 0 aliphatic carbocycles. The molecule has 1 aromatic heterocycles. The second-order valence-corrected chi connectivity index (χ2v) is 4.96. The van der Waals surface area contributed by atoms with Crippen LogP contribution in [0.5, 0.6) is 11.6 Å². The molecule has 0 unspecified atom stereocenters. The molecule has 0 fully saturated rings. The van der Waals surface area contributed by atoms with Crippen LogP contribution in [0.4, 0.5) is 0 Å². The van der Waals surface area contributed by atoms with Gasteiger partial charge in [-0.15, -0.1) is 5.10 Å². The number of aromatic nitrogens is 2. The monoisotopic (exact) mass is 240 g/mol. The van der Waals surface area contributed by atoms with Gasteiger partial charge >= 0.3 is 0 Å². The molecular formula is C15H16N2O. The minimum Gasteiger partial charge on any atom is -0.437 e. The van der Waals surface area contributed by atoms with E-state index < -0.39 is 0 Å². The van der Waals surface area contributed by atoms with E-state index in [0.717, 1.165) is 29.8 Å². The molecule has 92 valence electrons. The van der Waals surface area contributed by atoms with Crippen molar-refractivity contribution in [3.05, 3.63) is 47.2 Å². The quantitative estimate of drug-likeness (QED) is 0.765. The van der Waals surface area contributed by atoms with Crippen LogP contribution in [0.1, 0.15) is 36.6 Å². The molecule has 2 aromatic rings. The standard InChI is InChI=1S/C15H16N2O/c1-10(2)13-9-12-8-7-11-5-3-4-6-14(11)18-15(12)17-16-13/h3-6,9-10H,7-8H2,1-2H3. The van der Waals surface area contributed by atoms with Gasteiger partial charge in [-0.2, -0.15) is 5.10 Å². The Morgan fingerprint density at radius 1 is 1.06 bits per heavy atom. The van der Waals surface area contributed by atoms with Gasteiger partial charge in [0.05, 0.1) is 5.69 Å². The van der Waals surface area contributed by atoms with Crippen molar-refractivity contribution in [3.63, 3.8) is 0 Å². The van der Waals surface area contributed by atoms with E-state index >= 15 is 0 Å². The van der Waals surface area contributed by atoms with Crippen molar-refractivity contribution in [1.29, 1.82) is 0 Å². The average molecular weight is 240 g/mol. The van der Waals surface area contributed by atoms with Crippen molar-refractivity contribution in [2.75, 3.05) is 0 Å². The Balaban J connectivity index is 2.01. The lowest BCUT2D eigenvalue weighted by Gasteiger charge is -2.09. The molecular weight excluding hydrogens is 224 g/mol. The van der Waals surface area contributed by atoms with Gasteiger partial charge in [-0.05, 0) is 36.5 Å². The van der Waals surface area contributed by atoms with Crippen molar-refractivity contribution >= 4 is 0 Å². The smallest absolute Gasteiger partial charge is 0.242 e. The summed E-state index contributed by atoms with van der Waals surface area (Å²) in [6, 6.07) is 10.3. The number of fused-ring (bicyclic) bond motifs is 2. The van der Waals surface area contributed by atoms with Gasteiger partial charge in [-0.1, -0.05) is 32.0 Å². The summed E-state index contributed by atoms with van der Waals surface area (Å²) >= 11 is 0. The molecule has 0 saturated heterocycles. The average Bonchev–Trinajstić information content (AvgIpc) is 2.56. The SMILES string of the molecule is CC(C)c1cc2c(nn1)Oc1ccccc1CC2. The van der Waals surface area contributed by atoms with Gasteiger partial charge in [0.25, 0.3) is 0 Å². The fourth-order valence-corrected chi connectivity index (χ4v) is 2.17. The molecule has 0 amide bonds. The lowest BCUT2D eigenvalue weighted by molar-refractivity contribution is 0.449. The van der Waals surface area contributed by atoms with Crippen LogP contribution >= 0.6 is 0 Å². The van der Waals surface area contributed by atoms with Gasteiger partial charge in [0, 0.05) is 5.56 Å². The first-order chi connectivity index (χ1) is 8.74. The van der Waals surface area contributed by atoms with Gasteiger partial charge in [-0.25, -0.2) is 0 Å². The van der Waals surface area contributed by atoms with E-state index in [1.807, 2.05) is 18.2 Å². The lowest BCUT2D eigenvalue weighted by Crippen LogP contribution is -2.01. The summed E-state index contributed by atoms with van der Waals surface area (Å²) in [5.41, 5.74) is 3.43. The Kier molecular flexibility index (Phi) is 2.74. The van der Waals surface area contributed by atoms with Crippen LogP contribution in [0.15, 0.2) is 30.3 Å². The molecule has 3 rings (SSSR count). The predicted molar refractivity (Wildman–Crippen MR) is 70.0 cm³/mol. The second-order valence-electron chi connectivity index (χ2n) is 4.96. The van der Waals surface area contributed by atoms with E-state index in [1.54, 1.807) is 0 Å². The van der Waals surface area contributed by atoms with Gasteiger partial charge in [0.1, 0.15) is 5.75 Å². The molecule has 0 N–H and O–H groups in total. The van der Waals surface area contributed by atoms with Crippen LogP contribution in [-0.4, -0.2) is 10.2 Å². The van der Waals surface area contributed by atoms with Crippen LogP contribution in [0, 0.1) is 0 Å². The zero-order valence-electron chi connectivity index (χ0n) is 10.7. The zero-order valence-corrected chi connectivity index (χ0v) is 10.7. The van der Waals surface area contributed by atoms with Gasteiger partial charge in [-0.3, -0.25) is 0 Å². The summed E-state index contributed by atoms with van der Waals surface area (Å²) in [5, 5.41) is 8.46. The summed E-state index contributed by atoms with van der Waals surface area (Å²) in [7, 11) is 0. The Hall–Kier alpha value is -1.90. The maximum Gasteiger partial charge on any atom is 0.242 e. The van der Waals surface area contributed by atoms with Crippen LogP contribution < -0.4 is 4.74 Å². The molecule has 0 radical (unpaired) electrons. The predicted octanol–water partition coefficient (Wildman–Crippen LogP) is 3.49. The van der Waals surface area contributed by atoms with Crippen molar-refractivity contribution in [1.82, 2.24) is 10.2 Å². The van der Waals surface area contributed by atoms with Gasteiger partial charge < -0.3 is 4.74 Å². The minimum atomic E-state index is 0.397. The highest BCUT2D eigenvalue weighted by Gasteiger charge is 2.17. The first kappa shape index (κ1) is 11.2. The summed E-state index contributed by atoms with van der Waals surface area (Å²) in [5.74, 6) is 1.96. The van der Waals surface area contributed by atoms with Crippen molar-refractivity contribution in [2.45, 2.75) is 32.6 Å². The highest BCUT2D eigenvalue weighted by atomic mass is 16.5. The van der Waals surface area contributed by atoms with E-state index in [9.17, 15) is 0 Å². The third-order valence-corrected chi connectivity index (χ3v) is 3.29. The first-order valence-corrected chi connectivity index (χ1v) is 6.36. The number of benzene rings is 1. The van der Waals surface area contributed by atoms with Gasteiger partial charge in [0.15, 0.2) is 0 Å². The Morgan fingerprint density at radius 3 is 2.67 bits per heavy atom. The van der Waals surface area contributed by atoms with Crippen LogP contribution in [-0.2, 0) is 12.8 Å². The van der Waals surface area contributed by atoms with E-state index in [0.29, 0.717) is 11.8 Å². The normalized spacial score (nSPS) is 13.5. The number of rotatable bonds is 1. The fraction of sp³-hybridized carbons (Fsp3) is 0.333. The number of para-hydroxylation sites is 1. The summed E-state index contributed by atoms with van der Waals surface area (Å²) < 4.78 is 5.86. The molecule has 1 aliphatic heterocycles. The Morgan fingerprint density at radius 2 is 1.83 bits per heavy atom. The van der Waals surface area contributed by atoms with Crippen molar-refractivity contribution < 1.29 is 4.74 Å². The fourth-order valence-electron chi connectivity index (χ4n) is 2.17. The molecule has 3 nitrogen and oxygen atoms in total. The first-order valence-electron chi connectivity index (χ1n) is 6.36. The molecule has 0 saturated carbocycles. The second kappa shape index (κ2) is 4.41. The molecule has 0 bridgehead atoms. The molecule has 0 spiro atoms. The molecule has 1 aliphatic rings. The topological polar surface area (TPSA) is 35.0 Å². The van der Waals surface area contributed by atoms with Crippen molar-refractivity contribution in [2.24, 2.45) is 0 Å². The van der Waals surface area contributed by atoms with E-state index in [4.69, 9.17) is 4.74 Å². The molecule has 0 atom stereocenters. The summed E-state index contributed by atoms with van der Waals surface area (Å²) in [6.45, 7) is 4.26. The number of ether oxygens (including phenoxy) is 1. The maximum atomic E-state index is 5.86. The summed E-state index contributed by atoms with van der Waals surface area (Å²) in [4.78, 5) is 0. The highest BCUT2D eigenvalue weighted by molar-refractivity contribution is 5.41. The van der Waals surface area contributed by atoms with Crippen LogP contribution in [0.3, 0.4) is 0 Å². The van der Waals surface area contributed by atoms with Crippen molar-refractivity contribution in [3.8, 4) is 11.6 Å². The Labute approximate surface area is 107 Å². The third kappa shape index (κ3) is 1.96. The van der Waals surface area contributed by atoms with E-state index in [-0.39, 0.29) is 0 Å². The number of nitrogens with zero attached hydrogens (tertiary/aromatic N) is 2. The van der Waals surface area contributed by atoms with Gasteiger partial charge in [0.2, 0.25) is 5.88 Å². The van der Waals surface area contributed by atoms with Crippen LogP contribution in [0.2, 0.25) is 0 Å². The Bertz CT molecular complexity index is 578. The number of hydrogen-bond donors (Lipinski definition) is 0. The van der Waals surface area contributed by atoms with E-state index in [2.05, 4.69) is 36.2 Å². The largest absolute Gasteiger partial charge is 0.437 e. The molecule has 1 aromatic carbocycles. The third-order valence-electron chi connectivity index (χ3n) is 3.29. The molecule has 18 heavy (non-hydrogen) atoms. The number of aryl methyl sites for hydroxylation is 2. The summed E-state index contributed by atoms with van der Waals surface area (Å²) in [6.07, 6.45) is 1.95.